The quantitative estimate of drug-likeness (QED) is 0.0111. The van der Waals surface area contributed by atoms with E-state index in [1.165, 1.54) is 12.4 Å². The predicted octanol–water partition coefficient (Wildman–Crippen LogP) is 19.2. The van der Waals surface area contributed by atoms with Gasteiger partial charge in [-0.1, -0.05) is 160 Å². The van der Waals surface area contributed by atoms with Gasteiger partial charge in [0.15, 0.2) is 30.5 Å². The van der Waals surface area contributed by atoms with Crippen LogP contribution in [0.5, 0.6) is 28.7 Å². The van der Waals surface area contributed by atoms with Crippen LogP contribution in [0, 0.1) is 4.93 Å². The van der Waals surface area contributed by atoms with Crippen molar-refractivity contribution in [3.63, 3.8) is 0 Å². The number of hydrogen-bond acceptors (Lipinski definition) is 37. The van der Waals surface area contributed by atoms with E-state index >= 15 is 0 Å². The van der Waals surface area contributed by atoms with Gasteiger partial charge in [-0.25, -0.2) is 39.9 Å². The Bertz CT molecular complexity index is 5930. The molecule has 0 amide bonds. The van der Waals surface area contributed by atoms with E-state index in [0.717, 1.165) is 22.7 Å². The maximum atomic E-state index is 9.94. The van der Waals surface area contributed by atoms with Crippen molar-refractivity contribution < 1.29 is 115 Å². The van der Waals surface area contributed by atoms with Crippen molar-refractivity contribution in [3.8, 4) is 28.7 Å². The Hall–Kier alpha value is -8.85. The monoisotopic (exact) mass is 2390 g/mol. The Morgan fingerprint density at radius 2 is 0.534 bits per heavy atom. The number of nitrogens with zero attached hydrogens (tertiary/aromatic N) is 10. The summed E-state index contributed by atoms with van der Waals surface area (Å²) < 4.78 is 85.5. The van der Waals surface area contributed by atoms with Gasteiger partial charge in [0, 0.05) is 89.4 Å². The summed E-state index contributed by atoms with van der Waals surface area (Å²) in [5, 5.41) is 68.4. The van der Waals surface area contributed by atoms with Crippen molar-refractivity contribution in [1.29, 1.82) is 0 Å². The second-order valence-corrected chi connectivity index (χ2v) is 35.6. The summed E-state index contributed by atoms with van der Waals surface area (Å²) in [7, 11) is 0. The molecule has 0 bridgehead atoms. The first-order valence-corrected chi connectivity index (χ1v) is 50.6. The summed E-state index contributed by atoms with van der Waals surface area (Å²) in [6, 6.07) is 53.9. The van der Waals surface area contributed by atoms with Gasteiger partial charge in [0.25, 0.3) is 0 Å². The summed E-state index contributed by atoms with van der Waals surface area (Å²) in [5.74, 6) is 5.13. The van der Waals surface area contributed by atoms with Gasteiger partial charge in [-0.15, -0.1) is 0 Å². The number of anilines is 12. The number of fused-ring (bicyclic) bond motifs is 5. The van der Waals surface area contributed by atoms with E-state index in [2.05, 4.69) is 81.4 Å². The Labute approximate surface area is 931 Å². The molecule has 10 saturated heterocycles. The molecule has 0 aliphatic carbocycles. The Balaban J connectivity index is 0.000000188. The van der Waals surface area contributed by atoms with Crippen molar-refractivity contribution >= 4 is 208 Å². The number of aliphatic hydroxyl groups excluding tert-OH is 5. The van der Waals surface area contributed by atoms with Gasteiger partial charge in [0.05, 0.1) is 91.2 Å². The van der Waals surface area contributed by atoms with Crippen LogP contribution in [0.2, 0.25) is 51.3 Å². The second-order valence-electron chi connectivity index (χ2n) is 31.8. The van der Waals surface area contributed by atoms with Crippen molar-refractivity contribution in [1.82, 2.24) is 49.8 Å². The minimum absolute atomic E-state index is 0. The summed E-state index contributed by atoms with van der Waals surface area (Å²) >= 11 is 61.0. The van der Waals surface area contributed by atoms with Gasteiger partial charge < -0.3 is 157 Å². The van der Waals surface area contributed by atoms with Gasteiger partial charge >= 0.3 is 0 Å². The van der Waals surface area contributed by atoms with Crippen LogP contribution in [0.25, 0.3) is 0 Å². The summed E-state index contributed by atoms with van der Waals surface area (Å²) in [6.45, 7) is 11.0. The smallest absolute Gasteiger partial charge is 0.229 e. The number of para-hydroxylation sites is 2. The molecular formula is C99H111Cl10IN17O20V-. The number of nitrogens with two attached hydrogens (primary N) is 2. The van der Waals surface area contributed by atoms with E-state index in [0.29, 0.717) is 144 Å². The Kier molecular flexibility index (Phi) is 49.5. The van der Waals surface area contributed by atoms with E-state index in [1.54, 1.807) is 122 Å². The summed E-state index contributed by atoms with van der Waals surface area (Å²) in [4.78, 5) is 43.1. The molecule has 14 N–H and O–H groups in total. The van der Waals surface area contributed by atoms with Gasteiger partial charge in [0.1, 0.15) is 148 Å². The minimum Gasteiger partial charge on any atom is -0.484 e. The third kappa shape index (κ3) is 34.3. The normalized spacial score (nSPS) is 24.5. The molecular weight excluding hydrogens is 2280 g/mol. The Morgan fingerprint density at radius 3 is 0.797 bits per heavy atom. The standard InChI is InChI=1S/C28H28Cl2N4O8.C22H21ClN4O4.C16H15Cl2N3O4.C12H14ClNO4.C6H7N.2C4H2Cl2N2.2C2H6.CH2I.2CH4.V/c29-15-7-13(1-3-19(15)41-21-11-39-24-17(35)9-37-26(21)24)32-23-5-6-31-28(34-23)33-14-2-4-20(16(30)8-14)42-22-12-40-25-18(36)10-38-27(22)25;23-15-10-14(6-7-17(15)31-18-12-30-20-16(28)11-29-21(18)20)25-19-8-9-24-22(27-19)26-13-4-2-1-3-5-13;17-9-5-8(20-13-3-4-19-16(18)21-13)1-2-11(9)25-12-7-24-14-10(22)6-23-15(12)14;13-7-3-6(14)1-2-9(7)18-10-5-17-11-8(15)4-16-12(10)11;7-6-4-2-1-3-5-6;2*5-3-1-2-7-4(6)8-3;3*1-2;;;/h1-8,17-18,21-22,24-27,35-36H,9-12H2,(H2,31,32,33,34);1-10,16,18,20-21,28H,11-12H2,(H2,24,25,26,27);1-5,10,12,14-15,22H,6-7H2,(H,19,20,21);1-3,8,10-12,15H,4-5,14H2;1-5H,7H2;2*1-2H;2*1-2H3;1H2;2*1H4;/q;;;;;;;;;-1;;;/t17-,18-,21-,22-,24+,25+,26+,27+;16-,18-,20+,21+;10-,12-,14+,15+;8-,10-,11+,12+;;;;;;;;;/m0000........./s1. The fraction of sp³-hybridized carbons (Fsp3) is 0.364. The number of rotatable bonds is 20. The predicted molar refractivity (Wildman–Crippen MR) is 576 cm³/mol. The molecule has 20 atom stereocenters. The number of ether oxygens (including phenoxy) is 15. The molecule has 10 fully saturated rings. The van der Waals surface area contributed by atoms with Gasteiger partial charge in [-0.05, 0) is 180 Å². The van der Waals surface area contributed by atoms with Crippen LogP contribution in [0.4, 0.5) is 69.2 Å². The number of aliphatic hydroxyl groups is 5. The molecule has 7 aromatic carbocycles. The molecule has 22 rings (SSSR count). The number of aromatic nitrogens is 10. The van der Waals surface area contributed by atoms with Crippen molar-refractivity contribution in [3.05, 3.63) is 269 Å². The zero-order valence-electron chi connectivity index (χ0n) is 78.1. The van der Waals surface area contributed by atoms with E-state index in [4.69, 9.17) is 199 Å². The van der Waals surface area contributed by atoms with Gasteiger partial charge in [-0.3, -0.25) is 4.93 Å². The zero-order chi connectivity index (χ0) is 103. The van der Waals surface area contributed by atoms with Gasteiger partial charge in [0.2, 0.25) is 27.7 Å². The molecule has 12 aromatic rings. The van der Waals surface area contributed by atoms with Crippen LogP contribution in [0.3, 0.4) is 0 Å². The molecule has 49 heteroatoms. The average Bonchev–Trinajstić information content (AvgIpc) is 1.66. The zero-order valence-corrected chi connectivity index (χ0v) is 89.2. The molecule has 0 saturated carbocycles. The van der Waals surface area contributed by atoms with Crippen LogP contribution >= 0.6 is 139 Å². The van der Waals surface area contributed by atoms with Gasteiger partial charge in [-0.2, -0.15) is 9.97 Å². The molecule has 0 unspecified atom stereocenters. The summed E-state index contributed by atoms with van der Waals surface area (Å²) in [6.07, 6.45) is -0.0688. The van der Waals surface area contributed by atoms with Crippen molar-refractivity contribution in [2.75, 3.05) is 104 Å². The molecule has 148 heavy (non-hydrogen) atoms. The fourth-order valence-electron chi connectivity index (χ4n) is 15.5. The van der Waals surface area contributed by atoms with E-state index < -0.39 is 30.5 Å². The first-order valence-electron chi connectivity index (χ1n) is 45.3. The molecule has 10 aliphatic rings. The van der Waals surface area contributed by atoms with E-state index in [9.17, 15) is 25.5 Å². The van der Waals surface area contributed by atoms with E-state index in [1.807, 2.05) is 129 Å². The first-order chi connectivity index (χ1) is 70.3. The van der Waals surface area contributed by atoms with Crippen LogP contribution in [0.1, 0.15) is 42.5 Å². The SMILES string of the molecule is C.C.CC.CC.Clc1ccnc(Cl)n1.Clc1ccnc(Cl)n1.Nc1ccc(O[C@H]2CO[C@H]3[C@@H]2OC[C@@H]3O)c(Cl)c1.Nc1ccccc1.O[C@H]1CO[C@H]2[C@@H]1OC[C@@H]2Oc1ccc(Nc2ccnc(Cl)n2)cc1Cl.O[C@H]1CO[C@H]2[C@@H]1OC[C@@H]2Oc1ccc(Nc2ccnc(Nc3ccc(O[C@H]4CO[C@H]5[C@@H]4OC[C@@H]5O)c(Cl)c3)n2)cc1Cl.O[C@H]1CO[C@H]2[C@@H]1OC[C@@H]2Oc1ccc(Nc2ccnc(Nc3ccccc3)n2)cc1Cl.[CH2-]I.[V]. The Morgan fingerprint density at radius 1 is 0.284 bits per heavy atom. The minimum atomic E-state index is -0.648. The largest absolute Gasteiger partial charge is 0.484 e. The maximum Gasteiger partial charge on any atom is 0.229 e. The molecule has 795 valence electrons. The first kappa shape index (κ1) is 121. The average molecular weight is 2390 g/mol. The number of nitrogen functional groups attached to an aromatic ring is 2. The number of halogens is 11. The van der Waals surface area contributed by atoms with Crippen LogP contribution in [-0.2, 0) is 65.9 Å². The third-order valence-electron chi connectivity index (χ3n) is 22.0. The number of benzene rings is 7. The van der Waals surface area contributed by atoms with Crippen LogP contribution < -0.4 is 61.7 Å². The maximum absolute atomic E-state index is 9.94. The second kappa shape index (κ2) is 60.6. The third-order valence-corrected chi connectivity index (χ3v) is 24.5. The molecule has 0 spiro atoms. The summed E-state index contributed by atoms with van der Waals surface area (Å²) in [5.41, 5.74) is 16.1. The number of nitrogens with one attached hydrogen (secondary N) is 5. The van der Waals surface area contributed by atoms with Crippen LogP contribution in [0.15, 0.2) is 213 Å². The molecule has 10 aliphatic heterocycles. The van der Waals surface area contributed by atoms with E-state index in [-0.39, 0.29) is 174 Å². The molecule has 15 heterocycles. The van der Waals surface area contributed by atoms with Crippen molar-refractivity contribution in [2.45, 2.75) is 165 Å². The topological polar surface area (TPSA) is 481 Å². The molecule has 37 nitrogen and oxygen atoms in total. The van der Waals surface area contributed by atoms with Crippen molar-refractivity contribution in [2.24, 2.45) is 0 Å². The fourth-order valence-corrected chi connectivity index (χ4v) is 17.5. The molecule has 5 aromatic heterocycles. The number of hydrogen-bond donors (Lipinski definition) is 12. The molecule has 1 radical (unpaired) electrons. The van der Waals surface area contributed by atoms with Crippen LogP contribution in [-0.4, -0.2) is 264 Å².